The maximum Gasteiger partial charge on any atom is 0.281 e. The molecule has 156 valence electrons. The lowest BCUT2D eigenvalue weighted by Gasteiger charge is -2.30. The molecular formula is C23H27N5O2. The number of nitrogens with zero attached hydrogens (tertiary/aromatic N) is 4. The Morgan fingerprint density at radius 3 is 2.30 bits per heavy atom. The number of aromatic amines is 1. The van der Waals surface area contributed by atoms with Gasteiger partial charge in [0, 0.05) is 31.7 Å². The van der Waals surface area contributed by atoms with Crippen molar-refractivity contribution in [3.05, 3.63) is 70.5 Å². The molecule has 30 heavy (non-hydrogen) atoms. The smallest absolute Gasteiger partial charge is 0.281 e. The molecule has 4 rings (SSSR count). The molecule has 0 unspecified atom stereocenters. The van der Waals surface area contributed by atoms with Crippen LogP contribution in [0.4, 0.5) is 0 Å². The van der Waals surface area contributed by atoms with Crippen molar-refractivity contribution in [2.45, 2.75) is 6.92 Å². The van der Waals surface area contributed by atoms with Crippen molar-refractivity contribution in [3.8, 4) is 22.7 Å². The monoisotopic (exact) mass is 405 g/mol. The summed E-state index contributed by atoms with van der Waals surface area (Å²) in [4.78, 5) is 15.7. The summed E-state index contributed by atoms with van der Waals surface area (Å²) in [5.74, 6) is 0.771. The van der Waals surface area contributed by atoms with E-state index >= 15 is 0 Å². The van der Waals surface area contributed by atoms with Gasteiger partial charge in [0.1, 0.15) is 5.75 Å². The molecule has 0 amide bonds. The van der Waals surface area contributed by atoms with Crippen LogP contribution in [-0.2, 0) is 0 Å². The molecule has 3 aromatic rings. The van der Waals surface area contributed by atoms with Crippen LogP contribution in [0.1, 0.15) is 12.5 Å². The first-order valence-electron chi connectivity index (χ1n) is 10.1. The van der Waals surface area contributed by atoms with E-state index in [1.165, 1.54) is 0 Å². The number of H-pyrrole nitrogens is 1. The highest BCUT2D eigenvalue weighted by Crippen LogP contribution is 2.24. The third-order valence-electron chi connectivity index (χ3n) is 5.42. The summed E-state index contributed by atoms with van der Waals surface area (Å²) >= 11 is 0. The van der Waals surface area contributed by atoms with Gasteiger partial charge in [-0.15, -0.1) is 0 Å². The van der Waals surface area contributed by atoms with Crippen LogP contribution >= 0.6 is 0 Å². The Morgan fingerprint density at radius 1 is 1.00 bits per heavy atom. The summed E-state index contributed by atoms with van der Waals surface area (Å²) in [6.45, 7) is 5.53. The predicted molar refractivity (Wildman–Crippen MR) is 120 cm³/mol. The number of hydrogen-bond donors (Lipinski definition) is 1. The molecule has 1 saturated heterocycles. The molecule has 0 radical (unpaired) electrons. The minimum atomic E-state index is -0.109. The largest absolute Gasteiger partial charge is 0.497 e. The van der Waals surface area contributed by atoms with E-state index in [-0.39, 0.29) is 5.56 Å². The number of ether oxygens (including phenoxy) is 1. The standard InChI is InChI=1S/C23H27N5O2/c1-17(24-27-15-13-26(2)14-16-27)21-22(18-9-11-20(30-3)12-10-18)25-28(23(21)29)19-7-5-4-6-8-19/h4-12,25H,13-16H2,1-3H3/b24-17+. The number of benzene rings is 2. The van der Waals surface area contributed by atoms with Crippen molar-refractivity contribution in [1.29, 1.82) is 0 Å². The van der Waals surface area contributed by atoms with Crippen LogP contribution in [0.15, 0.2) is 64.5 Å². The van der Waals surface area contributed by atoms with Gasteiger partial charge in [0.25, 0.3) is 5.56 Å². The number of likely N-dealkylation sites (N-methyl/N-ethyl adjacent to an activating group) is 1. The molecule has 0 spiro atoms. The lowest BCUT2D eigenvalue weighted by atomic mass is 10.1. The fraction of sp³-hybridized carbons (Fsp3) is 0.304. The Labute approximate surface area is 176 Å². The zero-order valence-electron chi connectivity index (χ0n) is 17.6. The van der Waals surface area contributed by atoms with Crippen LogP contribution < -0.4 is 10.3 Å². The second-order valence-electron chi connectivity index (χ2n) is 7.51. The van der Waals surface area contributed by atoms with E-state index in [2.05, 4.69) is 17.0 Å². The van der Waals surface area contributed by atoms with E-state index in [1.54, 1.807) is 11.8 Å². The summed E-state index contributed by atoms with van der Waals surface area (Å²) < 4.78 is 6.86. The molecule has 1 aliphatic rings. The predicted octanol–water partition coefficient (Wildman–Crippen LogP) is 2.81. The highest BCUT2D eigenvalue weighted by molar-refractivity contribution is 6.03. The average Bonchev–Trinajstić information content (AvgIpc) is 3.13. The van der Waals surface area contributed by atoms with E-state index in [1.807, 2.05) is 66.5 Å². The van der Waals surface area contributed by atoms with Gasteiger partial charge in [-0.2, -0.15) is 5.10 Å². The lowest BCUT2D eigenvalue weighted by Crippen LogP contribution is -2.42. The Morgan fingerprint density at radius 2 is 1.67 bits per heavy atom. The number of hydrogen-bond acceptors (Lipinski definition) is 5. The van der Waals surface area contributed by atoms with Crippen LogP contribution in [0.2, 0.25) is 0 Å². The minimum absolute atomic E-state index is 0.109. The number of methoxy groups -OCH3 is 1. The maximum atomic E-state index is 13.4. The molecule has 0 atom stereocenters. The summed E-state index contributed by atoms with van der Waals surface area (Å²) in [7, 11) is 3.75. The summed E-state index contributed by atoms with van der Waals surface area (Å²) in [6.07, 6.45) is 0. The zero-order valence-corrected chi connectivity index (χ0v) is 17.6. The fourth-order valence-corrected chi connectivity index (χ4v) is 3.66. The Bertz CT molecular complexity index is 1080. The van der Waals surface area contributed by atoms with Gasteiger partial charge in [-0.25, -0.2) is 4.68 Å². The number of aromatic nitrogens is 2. The molecule has 2 heterocycles. The van der Waals surface area contributed by atoms with Crippen molar-refractivity contribution in [2.24, 2.45) is 5.10 Å². The molecule has 2 aromatic carbocycles. The van der Waals surface area contributed by atoms with Gasteiger partial charge in [0.15, 0.2) is 0 Å². The molecule has 0 aliphatic carbocycles. The van der Waals surface area contributed by atoms with E-state index in [0.29, 0.717) is 11.3 Å². The first kappa shape index (κ1) is 20.0. The average molecular weight is 406 g/mol. The van der Waals surface area contributed by atoms with Crippen LogP contribution in [0.25, 0.3) is 16.9 Å². The first-order chi connectivity index (χ1) is 14.6. The van der Waals surface area contributed by atoms with Crippen molar-refractivity contribution in [1.82, 2.24) is 19.7 Å². The van der Waals surface area contributed by atoms with Crippen LogP contribution in [-0.4, -0.2) is 65.7 Å². The van der Waals surface area contributed by atoms with Gasteiger partial charge in [-0.05, 0) is 50.4 Å². The fourth-order valence-electron chi connectivity index (χ4n) is 3.66. The minimum Gasteiger partial charge on any atom is -0.497 e. The van der Waals surface area contributed by atoms with Crippen molar-refractivity contribution >= 4 is 5.71 Å². The summed E-state index contributed by atoms with van der Waals surface area (Å²) in [6, 6.07) is 17.3. The topological polar surface area (TPSA) is 65.9 Å². The van der Waals surface area contributed by atoms with Crippen LogP contribution in [0.5, 0.6) is 5.75 Å². The van der Waals surface area contributed by atoms with E-state index in [4.69, 9.17) is 9.84 Å². The maximum absolute atomic E-state index is 13.4. The Hall–Kier alpha value is -3.32. The van der Waals surface area contributed by atoms with Crippen molar-refractivity contribution in [3.63, 3.8) is 0 Å². The van der Waals surface area contributed by atoms with Crippen LogP contribution in [0, 0.1) is 0 Å². The molecule has 1 aliphatic heterocycles. The van der Waals surface area contributed by atoms with E-state index in [0.717, 1.165) is 48.9 Å². The molecule has 0 saturated carbocycles. The lowest BCUT2D eigenvalue weighted by molar-refractivity contribution is 0.159. The molecule has 1 aromatic heterocycles. The Balaban J connectivity index is 1.80. The molecule has 0 bridgehead atoms. The Kier molecular flexibility index (Phi) is 5.72. The molecular weight excluding hydrogens is 378 g/mol. The first-order valence-corrected chi connectivity index (χ1v) is 10.1. The quantitative estimate of drug-likeness (QED) is 0.663. The number of para-hydroxylation sites is 1. The zero-order chi connectivity index (χ0) is 21.1. The highest BCUT2D eigenvalue weighted by atomic mass is 16.5. The van der Waals surface area contributed by atoms with E-state index in [9.17, 15) is 4.79 Å². The van der Waals surface area contributed by atoms with Crippen LogP contribution in [0.3, 0.4) is 0 Å². The molecule has 7 heteroatoms. The number of piperazine rings is 1. The van der Waals surface area contributed by atoms with Gasteiger partial charge in [-0.1, -0.05) is 18.2 Å². The number of rotatable bonds is 5. The van der Waals surface area contributed by atoms with Gasteiger partial charge >= 0.3 is 0 Å². The van der Waals surface area contributed by atoms with Gasteiger partial charge < -0.3 is 9.64 Å². The molecule has 1 fully saturated rings. The third-order valence-corrected chi connectivity index (χ3v) is 5.42. The highest BCUT2D eigenvalue weighted by Gasteiger charge is 2.21. The number of hydrazone groups is 1. The van der Waals surface area contributed by atoms with Gasteiger partial charge in [0.05, 0.1) is 29.8 Å². The van der Waals surface area contributed by atoms with Gasteiger partial charge in [0.2, 0.25) is 0 Å². The van der Waals surface area contributed by atoms with Crippen molar-refractivity contribution in [2.75, 3.05) is 40.3 Å². The molecule has 7 nitrogen and oxygen atoms in total. The summed E-state index contributed by atoms with van der Waals surface area (Å²) in [5.41, 5.74) is 3.63. The molecule has 1 N–H and O–H groups in total. The van der Waals surface area contributed by atoms with Gasteiger partial charge in [-0.3, -0.25) is 14.9 Å². The normalized spacial score (nSPS) is 15.4. The summed E-state index contributed by atoms with van der Waals surface area (Å²) in [5, 5.41) is 10.1. The van der Waals surface area contributed by atoms with E-state index < -0.39 is 0 Å². The van der Waals surface area contributed by atoms with Crippen molar-refractivity contribution < 1.29 is 4.74 Å². The number of nitrogens with one attached hydrogen (secondary N) is 1. The second kappa shape index (κ2) is 8.59. The SMILES string of the molecule is COc1ccc(-c2[nH]n(-c3ccccc3)c(=O)c2/C(C)=N/N2CCN(C)CC2)cc1. The third kappa shape index (κ3) is 4.02. The second-order valence-corrected chi connectivity index (χ2v) is 7.51.